The summed E-state index contributed by atoms with van der Waals surface area (Å²) in [5, 5.41) is -1.65. The number of rotatable bonds is 2. The Morgan fingerprint density at radius 1 is 0.652 bits per heavy atom. The first-order chi connectivity index (χ1) is 10.6. The molecule has 122 valence electrons. The molecule has 2 N–H and O–H groups in total. The van der Waals surface area contributed by atoms with Crippen LogP contribution in [0.3, 0.4) is 0 Å². The number of hydrogen-bond acceptors (Lipinski definition) is 6. The van der Waals surface area contributed by atoms with E-state index in [1.165, 1.54) is 0 Å². The first kappa shape index (κ1) is 17.2. The molecule has 23 heavy (non-hydrogen) atoms. The van der Waals surface area contributed by atoms with Crippen LogP contribution in [0.2, 0.25) is 0 Å². The van der Waals surface area contributed by atoms with E-state index in [2.05, 4.69) is 9.97 Å². The summed E-state index contributed by atoms with van der Waals surface area (Å²) in [6.45, 7) is 0. The average Bonchev–Trinajstić information content (AvgIpc) is 2.41. The van der Waals surface area contributed by atoms with E-state index in [4.69, 9.17) is 9.11 Å². The Morgan fingerprint density at radius 2 is 0.913 bits per heavy atom. The van der Waals surface area contributed by atoms with Crippen LogP contribution < -0.4 is 0 Å². The van der Waals surface area contributed by atoms with E-state index in [0.717, 1.165) is 22.1 Å². The minimum Gasteiger partial charge on any atom is -0.285 e. The summed E-state index contributed by atoms with van der Waals surface area (Å²) in [7, 11) is -9.24. The maximum absolute atomic E-state index is 9.66. The topological polar surface area (TPSA) is 135 Å². The van der Waals surface area contributed by atoms with Crippen LogP contribution in [0.4, 0.5) is 0 Å². The Kier molecular flexibility index (Phi) is 4.90. The lowest BCUT2D eigenvalue weighted by Gasteiger charge is -1.98. The van der Waals surface area contributed by atoms with E-state index in [1.54, 1.807) is 0 Å². The summed E-state index contributed by atoms with van der Waals surface area (Å²) < 4.78 is 54.2. The van der Waals surface area contributed by atoms with Gasteiger partial charge in [0.25, 0.3) is 20.2 Å². The Morgan fingerprint density at radius 3 is 1.09 bits per heavy atom. The fourth-order valence-electron chi connectivity index (χ4n) is 1.75. The van der Waals surface area contributed by atoms with Crippen LogP contribution in [-0.4, -0.2) is 41.0 Å². The van der Waals surface area contributed by atoms with E-state index >= 15 is 0 Å². The number of aromatic nitrogens is 2. The molecule has 2 aromatic carbocycles. The number of hydrogen-bond donors (Lipinski definition) is 2. The van der Waals surface area contributed by atoms with Gasteiger partial charge in [0.2, 0.25) is 5.08 Å². The zero-order chi connectivity index (χ0) is 17.1. The van der Waals surface area contributed by atoms with E-state index in [0.29, 0.717) is 0 Å². The summed E-state index contributed by atoms with van der Waals surface area (Å²) in [6, 6.07) is 15.8. The molecule has 0 aliphatic carbocycles. The third-order valence-corrected chi connectivity index (χ3v) is 4.93. The van der Waals surface area contributed by atoms with Gasteiger partial charge in [-0.1, -0.05) is 24.3 Å². The van der Waals surface area contributed by atoms with Crippen LogP contribution in [0.1, 0.15) is 0 Å². The fourth-order valence-corrected chi connectivity index (χ4v) is 3.26. The first-order valence-corrected chi connectivity index (χ1v) is 9.38. The highest BCUT2D eigenvalue weighted by Crippen LogP contribution is 2.14. The summed E-state index contributed by atoms with van der Waals surface area (Å²) in [5.41, 5.74) is 3.80. The Bertz CT molecular complexity index is 913. The van der Waals surface area contributed by atoms with Crippen LogP contribution in [0.25, 0.3) is 22.1 Å². The van der Waals surface area contributed by atoms with Crippen molar-refractivity contribution in [1.29, 1.82) is 0 Å². The molecule has 0 fully saturated rings. The second-order valence-corrected chi connectivity index (χ2v) is 7.75. The molecular weight excluding hydrogens is 344 g/mol. The summed E-state index contributed by atoms with van der Waals surface area (Å²) in [4.78, 5) is 9.03. The number of benzene rings is 2. The molecule has 0 aliphatic rings. The number of fused-ring (bicyclic) bond motifs is 2. The SMILES string of the molecule is O=S(=O)(O)CS(=O)(=O)O.c1ccc2nc3ccccc3nc2c1. The highest BCUT2D eigenvalue weighted by atomic mass is 32.3. The predicted molar refractivity (Wildman–Crippen MR) is 85.0 cm³/mol. The molecule has 0 atom stereocenters. The van der Waals surface area contributed by atoms with Gasteiger partial charge < -0.3 is 0 Å². The highest BCUT2D eigenvalue weighted by molar-refractivity contribution is 8.02. The van der Waals surface area contributed by atoms with E-state index in [-0.39, 0.29) is 0 Å². The van der Waals surface area contributed by atoms with Crippen LogP contribution in [0, 0.1) is 0 Å². The smallest absolute Gasteiger partial charge is 0.281 e. The number of nitrogens with zero attached hydrogens (tertiary/aromatic N) is 2. The maximum Gasteiger partial charge on any atom is 0.281 e. The minimum atomic E-state index is -4.62. The second kappa shape index (κ2) is 6.54. The minimum absolute atomic E-state index is 0.950. The summed E-state index contributed by atoms with van der Waals surface area (Å²) in [6.07, 6.45) is 0. The van der Waals surface area contributed by atoms with Crippen molar-refractivity contribution in [2.45, 2.75) is 0 Å². The Labute approximate surface area is 132 Å². The molecule has 0 aliphatic heterocycles. The van der Waals surface area contributed by atoms with Crippen molar-refractivity contribution >= 4 is 42.3 Å². The Hall–Kier alpha value is -2.14. The van der Waals surface area contributed by atoms with Gasteiger partial charge in [-0.15, -0.1) is 0 Å². The first-order valence-electron chi connectivity index (χ1n) is 6.16. The van der Waals surface area contributed by atoms with Gasteiger partial charge in [-0.25, -0.2) is 9.97 Å². The van der Waals surface area contributed by atoms with Gasteiger partial charge in [-0.05, 0) is 24.3 Å². The quantitative estimate of drug-likeness (QED) is 0.521. The van der Waals surface area contributed by atoms with Crippen LogP contribution in [-0.2, 0) is 20.2 Å². The molecule has 1 aromatic heterocycles. The van der Waals surface area contributed by atoms with Gasteiger partial charge >= 0.3 is 0 Å². The normalized spacial score (nSPS) is 11.9. The lowest BCUT2D eigenvalue weighted by Crippen LogP contribution is -2.13. The molecule has 0 spiro atoms. The summed E-state index contributed by atoms with van der Waals surface area (Å²) >= 11 is 0. The van der Waals surface area contributed by atoms with Crippen molar-refractivity contribution < 1.29 is 25.9 Å². The molecule has 0 unspecified atom stereocenters. The molecule has 0 bridgehead atoms. The van der Waals surface area contributed by atoms with Crippen molar-refractivity contribution in [2.75, 3.05) is 5.08 Å². The zero-order valence-electron chi connectivity index (χ0n) is 11.6. The van der Waals surface area contributed by atoms with Gasteiger partial charge in [0.05, 0.1) is 22.1 Å². The molecule has 0 saturated carbocycles. The van der Waals surface area contributed by atoms with Gasteiger partial charge in [0.15, 0.2) is 0 Å². The molecule has 3 rings (SSSR count). The molecule has 8 nitrogen and oxygen atoms in total. The largest absolute Gasteiger partial charge is 0.285 e. The zero-order valence-corrected chi connectivity index (χ0v) is 13.2. The van der Waals surface area contributed by atoms with Gasteiger partial charge in [0.1, 0.15) is 0 Å². The monoisotopic (exact) mass is 356 g/mol. The van der Waals surface area contributed by atoms with Crippen LogP contribution >= 0.6 is 0 Å². The molecule has 1 heterocycles. The average molecular weight is 356 g/mol. The molecule has 3 aromatic rings. The van der Waals surface area contributed by atoms with Crippen molar-refractivity contribution in [2.24, 2.45) is 0 Å². The molecule has 0 saturated heterocycles. The van der Waals surface area contributed by atoms with Gasteiger partial charge in [-0.2, -0.15) is 16.8 Å². The molecule has 0 amide bonds. The van der Waals surface area contributed by atoms with Gasteiger partial charge in [0, 0.05) is 0 Å². The van der Waals surface area contributed by atoms with Crippen LogP contribution in [0.5, 0.6) is 0 Å². The summed E-state index contributed by atoms with van der Waals surface area (Å²) in [5.74, 6) is 0. The molecule has 10 heteroatoms. The van der Waals surface area contributed by atoms with Crippen molar-refractivity contribution in [3.63, 3.8) is 0 Å². The van der Waals surface area contributed by atoms with Gasteiger partial charge in [-0.3, -0.25) is 9.11 Å². The van der Waals surface area contributed by atoms with E-state index < -0.39 is 25.3 Å². The highest BCUT2D eigenvalue weighted by Gasteiger charge is 2.15. The maximum atomic E-state index is 9.66. The van der Waals surface area contributed by atoms with Crippen molar-refractivity contribution in [1.82, 2.24) is 9.97 Å². The molecule has 0 radical (unpaired) electrons. The van der Waals surface area contributed by atoms with Crippen molar-refractivity contribution in [3.05, 3.63) is 48.5 Å². The Balaban J connectivity index is 0.000000188. The van der Waals surface area contributed by atoms with E-state index in [1.807, 2.05) is 48.5 Å². The third kappa shape index (κ3) is 5.53. The lowest BCUT2D eigenvalue weighted by molar-refractivity contribution is 0.471. The van der Waals surface area contributed by atoms with Crippen molar-refractivity contribution in [3.8, 4) is 0 Å². The standard InChI is InChI=1S/C12H8N2.CH4O6S2/c1-2-6-10-9(5-1)13-11-7-3-4-8-12(11)14-10;2-8(3,4)1-9(5,6)7/h1-8H;1H2,(H,2,3,4)(H,5,6,7). The predicted octanol–water partition coefficient (Wildman–Crippen LogP) is 1.50. The lowest BCUT2D eigenvalue weighted by atomic mass is 10.2. The van der Waals surface area contributed by atoms with E-state index in [9.17, 15) is 16.8 Å². The van der Waals surface area contributed by atoms with Crippen LogP contribution in [0.15, 0.2) is 48.5 Å². The molecular formula is C13H12N2O6S2. The number of para-hydroxylation sites is 4. The third-order valence-electron chi connectivity index (χ3n) is 2.54. The second-order valence-electron chi connectivity index (χ2n) is 4.48. The fraction of sp³-hybridized carbons (Fsp3) is 0.0769.